The number of guanidine groups is 1. The van der Waals surface area contributed by atoms with Crippen molar-refractivity contribution < 1.29 is 4.79 Å². The van der Waals surface area contributed by atoms with E-state index in [0.717, 1.165) is 12.8 Å². The molecular formula is C17H22ClN7O. The van der Waals surface area contributed by atoms with Gasteiger partial charge in [-0.3, -0.25) is 15.1 Å². The van der Waals surface area contributed by atoms with E-state index in [-0.39, 0.29) is 34.5 Å². The van der Waals surface area contributed by atoms with Crippen molar-refractivity contribution in [2.75, 3.05) is 11.5 Å². The third-order valence-corrected chi connectivity index (χ3v) is 3.97. The van der Waals surface area contributed by atoms with Crippen molar-refractivity contribution in [1.29, 1.82) is 0 Å². The monoisotopic (exact) mass is 375 g/mol. The molecule has 0 aliphatic rings. The van der Waals surface area contributed by atoms with E-state index >= 15 is 0 Å². The predicted octanol–water partition coefficient (Wildman–Crippen LogP) is 1.67. The summed E-state index contributed by atoms with van der Waals surface area (Å²) in [4.78, 5) is 24.0. The number of aliphatic imine (C=N–C) groups is 1. The van der Waals surface area contributed by atoms with Crippen molar-refractivity contribution in [1.82, 2.24) is 15.3 Å². The van der Waals surface area contributed by atoms with E-state index in [4.69, 9.17) is 28.8 Å². The third-order valence-electron chi connectivity index (χ3n) is 3.69. The lowest BCUT2D eigenvalue weighted by atomic mass is 10.1. The van der Waals surface area contributed by atoms with Crippen molar-refractivity contribution >= 4 is 35.1 Å². The maximum absolute atomic E-state index is 12.2. The molecule has 0 saturated carbocycles. The molecule has 7 N–H and O–H groups in total. The number of rotatable bonds is 5. The van der Waals surface area contributed by atoms with Gasteiger partial charge >= 0.3 is 0 Å². The lowest BCUT2D eigenvalue weighted by Gasteiger charge is -2.10. The molecule has 2 aromatic rings. The maximum atomic E-state index is 12.2. The number of nitrogens with two attached hydrogens (primary N) is 3. The first-order valence-electron chi connectivity index (χ1n) is 8.05. The molecule has 1 aromatic heterocycles. The minimum absolute atomic E-state index is 0.0273. The van der Waals surface area contributed by atoms with Gasteiger partial charge in [0.15, 0.2) is 28.4 Å². The summed E-state index contributed by atoms with van der Waals surface area (Å²) in [5.41, 5.74) is 19.2. The molecule has 8 nitrogen and oxygen atoms in total. The second kappa shape index (κ2) is 8.48. The van der Waals surface area contributed by atoms with E-state index < -0.39 is 5.91 Å². The van der Waals surface area contributed by atoms with Crippen LogP contribution in [-0.2, 0) is 6.42 Å². The summed E-state index contributed by atoms with van der Waals surface area (Å²) >= 11 is 5.76. The molecule has 1 aromatic carbocycles. The topological polar surface area (TPSA) is 145 Å². The van der Waals surface area contributed by atoms with E-state index in [2.05, 4.69) is 44.5 Å². The normalized spacial score (nSPS) is 12.7. The van der Waals surface area contributed by atoms with Gasteiger partial charge in [-0.1, -0.05) is 41.4 Å². The first kappa shape index (κ1) is 19.5. The maximum Gasteiger partial charge on any atom is 0.280 e. The molecule has 1 unspecified atom stereocenters. The smallest absolute Gasteiger partial charge is 0.280 e. The number of hydrogen-bond acceptors (Lipinski definition) is 6. The van der Waals surface area contributed by atoms with Crippen LogP contribution in [0.1, 0.15) is 35.0 Å². The summed E-state index contributed by atoms with van der Waals surface area (Å²) in [6, 6.07) is 8.24. The van der Waals surface area contributed by atoms with Crippen LogP contribution in [0.25, 0.3) is 0 Å². The second-order valence-electron chi connectivity index (χ2n) is 5.98. The highest BCUT2D eigenvalue weighted by atomic mass is 35.5. The minimum Gasteiger partial charge on any atom is -0.382 e. The minimum atomic E-state index is -0.649. The van der Waals surface area contributed by atoms with Gasteiger partial charge in [0.2, 0.25) is 0 Å². The van der Waals surface area contributed by atoms with Gasteiger partial charge in [0, 0.05) is 0 Å². The van der Waals surface area contributed by atoms with Gasteiger partial charge in [-0.05, 0) is 32.3 Å². The van der Waals surface area contributed by atoms with Gasteiger partial charge in [0.1, 0.15) is 0 Å². The number of nitrogens with zero attached hydrogens (tertiary/aromatic N) is 3. The molecule has 0 aliphatic carbocycles. The third kappa shape index (κ3) is 5.32. The molecule has 26 heavy (non-hydrogen) atoms. The SMILES string of the molecule is Cc1ccc(CCC(C)N=C(N)NC(=O)c2nc(Cl)c(N)nc2N)cc1. The number of carbonyl (C=O) groups excluding carboxylic acids is 1. The van der Waals surface area contributed by atoms with Gasteiger partial charge in [-0.15, -0.1) is 0 Å². The van der Waals surface area contributed by atoms with Crippen LogP contribution >= 0.6 is 11.6 Å². The summed E-state index contributed by atoms with van der Waals surface area (Å²) < 4.78 is 0. The Kier molecular flexibility index (Phi) is 6.35. The number of carbonyl (C=O) groups is 1. The molecule has 0 bridgehead atoms. The molecular weight excluding hydrogens is 354 g/mol. The van der Waals surface area contributed by atoms with Crippen LogP contribution in [0, 0.1) is 6.92 Å². The summed E-state index contributed by atoms with van der Waals surface area (Å²) in [6.07, 6.45) is 1.65. The lowest BCUT2D eigenvalue weighted by molar-refractivity contribution is 0.0972. The highest BCUT2D eigenvalue weighted by Gasteiger charge is 2.17. The number of aryl methyl sites for hydroxylation is 2. The number of aromatic nitrogens is 2. The molecule has 1 amide bonds. The van der Waals surface area contributed by atoms with E-state index in [1.807, 2.05) is 13.8 Å². The van der Waals surface area contributed by atoms with Crippen LogP contribution in [-0.4, -0.2) is 27.9 Å². The molecule has 138 valence electrons. The predicted molar refractivity (Wildman–Crippen MR) is 104 cm³/mol. The summed E-state index contributed by atoms with van der Waals surface area (Å²) in [5.74, 6) is -0.860. The Morgan fingerprint density at radius 1 is 1.23 bits per heavy atom. The van der Waals surface area contributed by atoms with E-state index in [1.165, 1.54) is 11.1 Å². The average molecular weight is 376 g/mol. The zero-order chi connectivity index (χ0) is 19.3. The van der Waals surface area contributed by atoms with Crippen LogP contribution in [0.4, 0.5) is 11.6 Å². The molecule has 9 heteroatoms. The quantitative estimate of drug-likeness (QED) is 0.462. The molecule has 2 rings (SSSR count). The lowest BCUT2D eigenvalue weighted by Crippen LogP contribution is -2.38. The summed E-state index contributed by atoms with van der Waals surface area (Å²) in [5, 5.41) is 2.32. The zero-order valence-corrected chi connectivity index (χ0v) is 15.4. The van der Waals surface area contributed by atoms with E-state index in [9.17, 15) is 4.79 Å². The van der Waals surface area contributed by atoms with Crippen molar-refractivity contribution in [2.24, 2.45) is 10.7 Å². The number of amides is 1. The van der Waals surface area contributed by atoms with E-state index in [1.54, 1.807) is 0 Å². The Bertz CT molecular complexity index is 821. The number of nitrogens with one attached hydrogen (secondary N) is 1. The molecule has 0 fully saturated rings. The van der Waals surface area contributed by atoms with Crippen molar-refractivity contribution in [3.63, 3.8) is 0 Å². The number of halogens is 1. The first-order valence-corrected chi connectivity index (χ1v) is 8.42. The molecule has 0 radical (unpaired) electrons. The molecule has 1 atom stereocenters. The Hall–Kier alpha value is -2.87. The fourth-order valence-corrected chi connectivity index (χ4v) is 2.38. The summed E-state index contributed by atoms with van der Waals surface area (Å²) in [6.45, 7) is 3.97. The largest absolute Gasteiger partial charge is 0.382 e. The van der Waals surface area contributed by atoms with Crippen molar-refractivity contribution in [3.05, 3.63) is 46.2 Å². The van der Waals surface area contributed by atoms with Gasteiger partial charge in [-0.25, -0.2) is 9.97 Å². The van der Waals surface area contributed by atoms with Gasteiger partial charge in [0.25, 0.3) is 5.91 Å². The number of hydrogen-bond donors (Lipinski definition) is 4. The molecule has 0 spiro atoms. The zero-order valence-electron chi connectivity index (χ0n) is 14.7. The van der Waals surface area contributed by atoms with Crippen LogP contribution in [0.3, 0.4) is 0 Å². The van der Waals surface area contributed by atoms with Gasteiger partial charge < -0.3 is 17.2 Å². The Labute approximate surface area is 156 Å². The first-order chi connectivity index (χ1) is 12.3. The second-order valence-corrected chi connectivity index (χ2v) is 6.33. The Morgan fingerprint density at radius 3 is 2.54 bits per heavy atom. The van der Waals surface area contributed by atoms with Crippen LogP contribution in [0.5, 0.6) is 0 Å². The molecule has 0 saturated heterocycles. The van der Waals surface area contributed by atoms with Crippen LogP contribution in [0.15, 0.2) is 29.3 Å². The summed E-state index contributed by atoms with van der Waals surface area (Å²) in [7, 11) is 0. The van der Waals surface area contributed by atoms with Crippen molar-refractivity contribution in [2.45, 2.75) is 32.7 Å². The van der Waals surface area contributed by atoms with Gasteiger partial charge in [0.05, 0.1) is 6.04 Å². The Morgan fingerprint density at radius 2 is 1.88 bits per heavy atom. The number of benzene rings is 1. The fraction of sp³-hybridized carbons (Fsp3) is 0.294. The van der Waals surface area contributed by atoms with Gasteiger partial charge in [-0.2, -0.15) is 0 Å². The molecule has 0 aliphatic heterocycles. The standard InChI is InChI=1S/C17H22ClN7O/c1-9-3-6-11(7-4-9)8-5-10(2)22-17(21)25-16(26)12-14(19)24-15(20)13(18)23-12/h3-4,6-7,10H,5,8H2,1-2H3,(H4,19,20,24)(H3,21,22,25,26). The van der Waals surface area contributed by atoms with E-state index in [0.29, 0.717) is 0 Å². The highest BCUT2D eigenvalue weighted by Crippen LogP contribution is 2.17. The van der Waals surface area contributed by atoms with Crippen LogP contribution < -0.4 is 22.5 Å². The van der Waals surface area contributed by atoms with Crippen molar-refractivity contribution in [3.8, 4) is 0 Å². The average Bonchev–Trinajstić information content (AvgIpc) is 2.57. The molecule has 1 heterocycles. The fourth-order valence-electron chi connectivity index (χ4n) is 2.25. The van der Waals surface area contributed by atoms with Crippen LogP contribution in [0.2, 0.25) is 5.15 Å². The number of nitrogen functional groups attached to an aromatic ring is 2. The number of anilines is 2. The Balaban J connectivity index is 1.95. The highest BCUT2D eigenvalue weighted by molar-refractivity contribution is 6.31.